The summed E-state index contributed by atoms with van der Waals surface area (Å²) < 4.78 is 0. The highest BCUT2D eigenvalue weighted by atomic mass is 16.4. The number of aliphatic hydroxyl groups excluding tert-OH is 3. The zero-order valence-electron chi connectivity index (χ0n) is 12.9. The maximum absolute atomic E-state index is 10.4. The molecule has 0 aromatic heterocycles. The van der Waals surface area contributed by atoms with Crippen LogP contribution in [0.1, 0.15) is 64.7 Å². The first-order valence-corrected chi connectivity index (χ1v) is 8.17. The molecule has 0 spiro atoms. The van der Waals surface area contributed by atoms with E-state index in [1.807, 2.05) is 0 Å². The van der Waals surface area contributed by atoms with Crippen LogP contribution in [-0.2, 0) is 4.79 Å². The predicted molar refractivity (Wildman–Crippen MR) is 79.9 cm³/mol. The second-order valence-corrected chi connectivity index (χ2v) is 6.47. The van der Waals surface area contributed by atoms with Crippen molar-refractivity contribution >= 4 is 5.97 Å². The topological polar surface area (TPSA) is 98.0 Å². The fraction of sp³-hybridized carbons (Fsp3) is 0.938. The third-order valence-electron chi connectivity index (χ3n) is 4.62. The fourth-order valence-corrected chi connectivity index (χ4v) is 3.42. The van der Waals surface area contributed by atoms with Crippen molar-refractivity contribution in [1.82, 2.24) is 0 Å². The minimum Gasteiger partial charge on any atom is -0.481 e. The molecule has 0 aliphatic heterocycles. The van der Waals surface area contributed by atoms with E-state index in [0.29, 0.717) is 19.3 Å². The summed E-state index contributed by atoms with van der Waals surface area (Å²) in [4.78, 5) is 10.4. The maximum Gasteiger partial charge on any atom is 0.303 e. The number of aliphatic carboxylic acids is 1. The third kappa shape index (κ3) is 6.76. The average molecular weight is 302 g/mol. The van der Waals surface area contributed by atoms with E-state index in [-0.39, 0.29) is 24.4 Å². The van der Waals surface area contributed by atoms with E-state index in [1.165, 1.54) is 0 Å². The Hall–Kier alpha value is -0.650. The maximum atomic E-state index is 10.4. The molecule has 1 aliphatic carbocycles. The van der Waals surface area contributed by atoms with Crippen molar-refractivity contribution in [2.45, 2.75) is 83.0 Å². The van der Waals surface area contributed by atoms with Crippen LogP contribution in [0.15, 0.2) is 0 Å². The van der Waals surface area contributed by atoms with Crippen LogP contribution in [0.3, 0.4) is 0 Å². The molecule has 0 saturated heterocycles. The van der Waals surface area contributed by atoms with Gasteiger partial charge in [-0.25, -0.2) is 0 Å². The summed E-state index contributed by atoms with van der Waals surface area (Å²) in [5.74, 6) is -0.561. The van der Waals surface area contributed by atoms with Gasteiger partial charge >= 0.3 is 5.97 Å². The number of unbranched alkanes of at least 4 members (excludes halogenated alkanes) is 3. The SMILES string of the molecule is C[C@@H](O)CC[C@@H]1[C@@H](CCCCCCC(=O)O)[C@@H](O)C[C@H]1O. The highest BCUT2D eigenvalue weighted by molar-refractivity contribution is 5.66. The predicted octanol–water partition coefficient (Wildman–Crippen LogP) is 1.93. The molecule has 1 saturated carbocycles. The Morgan fingerprint density at radius 1 is 1.05 bits per heavy atom. The molecular formula is C16H30O5. The quantitative estimate of drug-likeness (QED) is 0.462. The molecule has 21 heavy (non-hydrogen) atoms. The summed E-state index contributed by atoms with van der Waals surface area (Å²) >= 11 is 0. The first-order valence-electron chi connectivity index (χ1n) is 8.17. The molecule has 0 aromatic rings. The molecule has 0 unspecified atom stereocenters. The van der Waals surface area contributed by atoms with Crippen LogP contribution in [0, 0.1) is 11.8 Å². The van der Waals surface area contributed by atoms with Gasteiger partial charge in [0.1, 0.15) is 0 Å². The molecule has 0 amide bonds. The molecule has 5 heteroatoms. The molecule has 1 fully saturated rings. The van der Waals surface area contributed by atoms with Gasteiger partial charge in [0.15, 0.2) is 0 Å². The van der Waals surface area contributed by atoms with Crippen molar-refractivity contribution in [2.75, 3.05) is 0 Å². The second kappa shape index (κ2) is 9.38. The smallest absolute Gasteiger partial charge is 0.303 e. The summed E-state index contributed by atoms with van der Waals surface area (Å²) in [6.45, 7) is 1.75. The van der Waals surface area contributed by atoms with Gasteiger partial charge in [0.05, 0.1) is 18.3 Å². The van der Waals surface area contributed by atoms with Gasteiger partial charge in [-0.3, -0.25) is 4.79 Å². The number of aliphatic hydroxyl groups is 3. The number of carboxylic acid groups (broad SMARTS) is 1. The Balaban J connectivity index is 2.27. The van der Waals surface area contributed by atoms with E-state index < -0.39 is 18.2 Å². The molecule has 0 bridgehead atoms. The van der Waals surface area contributed by atoms with E-state index in [9.17, 15) is 20.1 Å². The Morgan fingerprint density at radius 2 is 1.62 bits per heavy atom. The Kier molecular flexibility index (Phi) is 8.22. The first-order chi connectivity index (χ1) is 9.91. The normalized spacial score (nSPS) is 30.5. The van der Waals surface area contributed by atoms with Crippen LogP contribution in [-0.4, -0.2) is 44.7 Å². The first kappa shape index (κ1) is 18.4. The monoisotopic (exact) mass is 302 g/mol. The van der Waals surface area contributed by atoms with Gasteiger partial charge in [0.2, 0.25) is 0 Å². The molecule has 0 aromatic carbocycles. The number of hydrogen-bond donors (Lipinski definition) is 4. The lowest BCUT2D eigenvalue weighted by atomic mass is 9.85. The van der Waals surface area contributed by atoms with Gasteiger partial charge in [-0.15, -0.1) is 0 Å². The number of hydrogen-bond acceptors (Lipinski definition) is 4. The lowest BCUT2D eigenvalue weighted by Gasteiger charge is -2.24. The van der Waals surface area contributed by atoms with Crippen LogP contribution in [0.2, 0.25) is 0 Å². The molecule has 0 heterocycles. The Morgan fingerprint density at radius 3 is 2.19 bits per heavy atom. The second-order valence-electron chi connectivity index (χ2n) is 6.47. The van der Waals surface area contributed by atoms with Crippen LogP contribution in [0.5, 0.6) is 0 Å². The minimum atomic E-state index is -0.748. The van der Waals surface area contributed by atoms with Crippen LogP contribution in [0.25, 0.3) is 0 Å². The van der Waals surface area contributed by atoms with Gasteiger partial charge in [-0.05, 0) is 50.9 Å². The molecule has 0 radical (unpaired) electrons. The van der Waals surface area contributed by atoms with Gasteiger partial charge in [-0.2, -0.15) is 0 Å². The number of carboxylic acids is 1. The zero-order valence-corrected chi connectivity index (χ0v) is 12.9. The Bertz CT molecular complexity index is 305. The lowest BCUT2D eigenvalue weighted by Crippen LogP contribution is -2.23. The molecule has 5 nitrogen and oxygen atoms in total. The van der Waals surface area contributed by atoms with E-state index in [4.69, 9.17) is 5.11 Å². The van der Waals surface area contributed by atoms with Gasteiger partial charge < -0.3 is 20.4 Å². The fourth-order valence-electron chi connectivity index (χ4n) is 3.42. The summed E-state index contributed by atoms with van der Waals surface area (Å²) in [5.41, 5.74) is 0. The summed E-state index contributed by atoms with van der Waals surface area (Å²) in [7, 11) is 0. The van der Waals surface area contributed by atoms with Crippen molar-refractivity contribution in [1.29, 1.82) is 0 Å². The van der Waals surface area contributed by atoms with Crippen molar-refractivity contribution in [3.8, 4) is 0 Å². The van der Waals surface area contributed by atoms with Crippen LogP contribution >= 0.6 is 0 Å². The highest BCUT2D eigenvalue weighted by Crippen LogP contribution is 2.39. The van der Waals surface area contributed by atoms with E-state index in [2.05, 4.69) is 0 Å². The highest BCUT2D eigenvalue weighted by Gasteiger charge is 2.40. The third-order valence-corrected chi connectivity index (χ3v) is 4.62. The van der Waals surface area contributed by atoms with E-state index in [1.54, 1.807) is 6.92 Å². The molecule has 1 aliphatic rings. The van der Waals surface area contributed by atoms with Gasteiger partial charge in [0.25, 0.3) is 0 Å². The summed E-state index contributed by atoms with van der Waals surface area (Å²) in [5, 5.41) is 38.0. The molecular weight excluding hydrogens is 272 g/mol. The molecule has 5 atom stereocenters. The largest absolute Gasteiger partial charge is 0.481 e. The van der Waals surface area contributed by atoms with Crippen molar-refractivity contribution in [3.05, 3.63) is 0 Å². The molecule has 1 rings (SSSR count). The van der Waals surface area contributed by atoms with Crippen molar-refractivity contribution in [3.63, 3.8) is 0 Å². The van der Waals surface area contributed by atoms with E-state index >= 15 is 0 Å². The van der Waals surface area contributed by atoms with Crippen LogP contribution in [0.4, 0.5) is 0 Å². The van der Waals surface area contributed by atoms with E-state index in [0.717, 1.165) is 32.1 Å². The van der Waals surface area contributed by atoms with Crippen molar-refractivity contribution < 1.29 is 25.2 Å². The van der Waals surface area contributed by atoms with Crippen LogP contribution < -0.4 is 0 Å². The zero-order chi connectivity index (χ0) is 15.8. The van der Waals surface area contributed by atoms with Crippen molar-refractivity contribution in [2.24, 2.45) is 11.8 Å². The molecule has 4 N–H and O–H groups in total. The number of rotatable bonds is 10. The Labute approximate surface area is 127 Å². The summed E-state index contributed by atoms with van der Waals surface area (Å²) in [6, 6.07) is 0. The number of carbonyl (C=O) groups is 1. The lowest BCUT2D eigenvalue weighted by molar-refractivity contribution is -0.137. The molecule has 124 valence electrons. The van der Waals surface area contributed by atoms with Gasteiger partial charge in [0, 0.05) is 6.42 Å². The summed E-state index contributed by atoms with van der Waals surface area (Å²) in [6.07, 6.45) is 5.19. The minimum absolute atomic E-state index is 0.0774. The van der Waals surface area contributed by atoms with Gasteiger partial charge in [-0.1, -0.05) is 19.3 Å². The average Bonchev–Trinajstić information content (AvgIpc) is 2.65. The standard InChI is InChI=1S/C16H30O5/c1-11(17)8-9-13-12(14(18)10-15(13)19)6-4-2-3-5-7-16(20)21/h11-15,17-19H,2-10H2,1H3,(H,20,21)/t11-,12-,13-,14+,15-/m1/s1.